The Morgan fingerprint density at radius 1 is 1.00 bits per heavy atom. The Labute approximate surface area is 123 Å². The summed E-state index contributed by atoms with van der Waals surface area (Å²) < 4.78 is 10.9. The van der Waals surface area contributed by atoms with E-state index in [4.69, 9.17) is 15.2 Å². The summed E-state index contributed by atoms with van der Waals surface area (Å²) in [6.07, 6.45) is 1.16. The van der Waals surface area contributed by atoms with E-state index < -0.39 is 0 Å². The Hall–Kier alpha value is -2.49. The summed E-state index contributed by atoms with van der Waals surface area (Å²) in [6.45, 7) is 1.08. The van der Waals surface area contributed by atoms with Crippen LogP contribution in [0.25, 0.3) is 0 Å². The molecule has 21 heavy (non-hydrogen) atoms. The van der Waals surface area contributed by atoms with Crippen LogP contribution in [0.4, 0.5) is 5.69 Å². The number of carbonyl (C=O) groups is 1. The van der Waals surface area contributed by atoms with Crippen molar-refractivity contribution in [3.63, 3.8) is 0 Å². The second-order valence-corrected chi connectivity index (χ2v) is 5.02. The molecule has 2 aromatic carbocycles. The van der Waals surface area contributed by atoms with Gasteiger partial charge in [-0.1, -0.05) is 12.1 Å². The van der Waals surface area contributed by atoms with Crippen LogP contribution >= 0.6 is 0 Å². The summed E-state index contributed by atoms with van der Waals surface area (Å²) in [6, 6.07) is 13.0. The number of ether oxygens (including phenoxy) is 2. The minimum atomic E-state index is 0.101. The number of benzene rings is 2. The molecule has 4 nitrogen and oxygen atoms in total. The summed E-state index contributed by atoms with van der Waals surface area (Å²) in [4.78, 5) is 12.2. The minimum Gasteiger partial charge on any atom is -0.486 e. The molecule has 0 atom stereocenters. The van der Waals surface area contributed by atoms with Crippen LogP contribution in [0, 0.1) is 0 Å². The molecule has 108 valence electrons. The topological polar surface area (TPSA) is 61.6 Å². The van der Waals surface area contributed by atoms with Crippen LogP contribution in [-0.4, -0.2) is 19.0 Å². The van der Waals surface area contributed by atoms with Gasteiger partial charge >= 0.3 is 0 Å². The second kappa shape index (κ2) is 5.87. The fraction of sp³-hybridized carbons (Fsp3) is 0.235. The Morgan fingerprint density at radius 2 is 1.71 bits per heavy atom. The first-order valence-electron chi connectivity index (χ1n) is 6.99. The fourth-order valence-electron chi connectivity index (χ4n) is 2.30. The van der Waals surface area contributed by atoms with Crippen LogP contribution in [0.15, 0.2) is 42.5 Å². The number of aryl methyl sites for hydroxylation is 1. The van der Waals surface area contributed by atoms with E-state index in [1.54, 1.807) is 18.2 Å². The standard InChI is InChI=1S/C17H17NO3/c18-14-5-1-12(2-6-14)3-7-15(19)13-4-8-16-17(11-13)21-10-9-20-16/h1-2,4-6,8,11H,3,7,9-10,18H2. The zero-order valence-corrected chi connectivity index (χ0v) is 11.7. The summed E-state index contributed by atoms with van der Waals surface area (Å²) in [5.74, 6) is 1.46. The molecule has 1 aliphatic heterocycles. The van der Waals surface area contributed by atoms with Gasteiger partial charge in [-0.15, -0.1) is 0 Å². The number of nitrogen functional groups attached to an aromatic ring is 1. The molecule has 0 aromatic heterocycles. The number of hydrogen-bond donors (Lipinski definition) is 1. The molecule has 0 unspecified atom stereocenters. The summed E-state index contributed by atoms with van der Waals surface area (Å²) in [5.41, 5.74) is 8.15. The lowest BCUT2D eigenvalue weighted by Gasteiger charge is -2.18. The van der Waals surface area contributed by atoms with Crippen molar-refractivity contribution in [2.24, 2.45) is 0 Å². The summed E-state index contributed by atoms with van der Waals surface area (Å²) >= 11 is 0. The van der Waals surface area contributed by atoms with Gasteiger partial charge in [-0.05, 0) is 42.3 Å². The van der Waals surface area contributed by atoms with Crippen molar-refractivity contribution in [3.05, 3.63) is 53.6 Å². The second-order valence-electron chi connectivity index (χ2n) is 5.02. The van der Waals surface area contributed by atoms with Crippen molar-refractivity contribution in [1.29, 1.82) is 0 Å². The molecule has 0 saturated heterocycles. The highest BCUT2D eigenvalue weighted by Crippen LogP contribution is 2.31. The van der Waals surface area contributed by atoms with Gasteiger partial charge in [0.25, 0.3) is 0 Å². The normalized spacial score (nSPS) is 13.0. The molecule has 4 heteroatoms. The Morgan fingerprint density at radius 3 is 2.48 bits per heavy atom. The zero-order valence-electron chi connectivity index (χ0n) is 11.7. The third kappa shape index (κ3) is 3.16. The lowest BCUT2D eigenvalue weighted by atomic mass is 10.0. The van der Waals surface area contributed by atoms with Crippen LogP contribution in [0.1, 0.15) is 22.3 Å². The average molecular weight is 283 g/mol. The number of ketones is 1. The minimum absolute atomic E-state index is 0.101. The van der Waals surface area contributed by atoms with Crippen molar-refractivity contribution >= 4 is 11.5 Å². The van der Waals surface area contributed by atoms with Gasteiger partial charge in [-0.3, -0.25) is 4.79 Å². The molecule has 2 N–H and O–H groups in total. The Kier molecular flexibility index (Phi) is 3.77. The van der Waals surface area contributed by atoms with E-state index in [9.17, 15) is 4.79 Å². The summed E-state index contributed by atoms with van der Waals surface area (Å²) in [7, 11) is 0. The lowest BCUT2D eigenvalue weighted by molar-refractivity contribution is 0.0981. The molecule has 0 saturated carbocycles. The van der Waals surface area contributed by atoms with E-state index in [0.29, 0.717) is 43.1 Å². The van der Waals surface area contributed by atoms with Gasteiger partial charge in [-0.25, -0.2) is 0 Å². The quantitative estimate of drug-likeness (QED) is 0.692. The van der Waals surface area contributed by atoms with Crippen molar-refractivity contribution in [2.75, 3.05) is 18.9 Å². The number of anilines is 1. The van der Waals surface area contributed by atoms with Gasteiger partial charge in [0.05, 0.1) is 0 Å². The Balaban J connectivity index is 1.66. The molecule has 0 bridgehead atoms. The molecule has 0 fully saturated rings. The van der Waals surface area contributed by atoms with E-state index in [0.717, 1.165) is 11.3 Å². The van der Waals surface area contributed by atoms with Gasteiger partial charge in [0.1, 0.15) is 13.2 Å². The van der Waals surface area contributed by atoms with Gasteiger partial charge in [0, 0.05) is 17.7 Å². The molecular weight excluding hydrogens is 266 g/mol. The van der Waals surface area contributed by atoms with E-state index >= 15 is 0 Å². The molecule has 0 amide bonds. The number of carbonyl (C=O) groups excluding carboxylic acids is 1. The first-order valence-corrected chi connectivity index (χ1v) is 6.99. The van der Waals surface area contributed by atoms with E-state index in [1.807, 2.05) is 24.3 Å². The highest BCUT2D eigenvalue weighted by Gasteiger charge is 2.14. The number of rotatable bonds is 4. The molecular formula is C17H17NO3. The van der Waals surface area contributed by atoms with Gasteiger partial charge in [0.2, 0.25) is 0 Å². The van der Waals surface area contributed by atoms with Gasteiger partial charge in [-0.2, -0.15) is 0 Å². The molecule has 0 radical (unpaired) electrons. The molecule has 0 aliphatic carbocycles. The maximum Gasteiger partial charge on any atom is 0.163 e. The van der Waals surface area contributed by atoms with Crippen molar-refractivity contribution in [2.45, 2.75) is 12.8 Å². The fourth-order valence-corrected chi connectivity index (χ4v) is 2.30. The van der Waals surface area contributed by atoms with E-state index in [1.165, 1.54) is 0 Å². The molecule has 1 aliphatic rings. The van der Waals surface area contributed by atoms with Crippen molar-refractivity contribution in [3.8, 4) is 11.5 Å². The van der Waals surface area contributed by atoms with Crippen molar-refractivity contribution in [1.82, 2.24) is 0 Å². The van der Waals surface area contributed by atoms with Gasteiger partial charge in [0.15, 0.2) is 17.3 Å². The van der Waals surface area contributed by atoms with Crippen LogP contribution in [0.5, 0.6) is 11.5 Å². The van der Waals surface area contributed by atoms with Crippen LogP contribution < -0.4 is 15.2 Å². The highest BCUT2D eigenvalue weighted by molar-refractivity contribution is 5.96. The van der Waals surface area contributed by atoms with Gasteiger partial charge < -0.3 is 15.2 Å². The monoisotopic (exact) mass is 283 g/mol. The third-order valence-electron chi connectivity index (χ3n) is 3.48. The SMILES string of the molecule is Nc1ccc(CCC(=O)c2ccc3c(c2)OCCO3)cc1. The largest absolute Gasteiger partial charge is 0.486 e. The number of hydrogen-bond acceptors (Lipinski definition) is 4. The molecule has 1 heterocycles. The lowest BCUT2D eigenvalue weighted by Crippen LogP contribution is -2.15. The molecule has 0 spiro atoms. The van der Waals surface area contributed by atoms with E-state index in [-0.39, 0.29) is 5.78 Å². The van der Waals surface area contributed by atoms with Crippen LogP contribution in [0.3, 0.4) is 0 Å². The third-order valence-corrected chi connectivity index (χ3v) is 3.48. The van der Waals surface area contributed by atoms with Crippen molar-refractivity contribution < 1.29 is 14.3 Å². The predicted molar refractivity (Wildman–Crippen MR) is 80.9 cm³/mol. The average Bonchev–Trinajstić information content (AvgIpc) is 2.53. The number of Topliss-reactive ketones (excluding diaryl/α,β-unsaturated/α-hetero) is 1. The smallest absolute Gasteiger partial charge is 0.163 e. The first kappa shape index (κ1) is 13.5. The van der Waals surface area contributed by atoms with Crippen LogP contribution in [0.2, 0.25) is 0 Å². The Bertz CT molecular complexity index is 650. The zero-order chi connectivity index (χ0) is 14.7. The first-order chi connectivity index (χ1) is 10.2. The maximum atomic E-state index is 12.2. The predicted octanol–water partition coefficient (Wildman–Crippen LogP) is 2.86. The summed E-state index contributed by atoms with van der Waals surface area (Å²) in [5, 5.41) is 0. The highest BCUT2D eigenvalue weighted by atomic mass is 16.6. The number of fused-ring (bicyclic) bond motifs is 1. The maximum absolute atomic E-state index is 12.2. The van der Waals surface area contributed by atoms with E-state index in [2.05, 4.69) is 0 Å². The molecule has 2 aromatic rings. The number of nitrogens with two attached hydrogens (primary N) is 1. The molecule has 3 rings (SSSR count). The van der Waals surface area contributed by atoms with Crippen LogP contribution in [-0.2, 0) is 6.42 Å².